The van der Waals surface area contributed by atoms with Gasteiger partial charge in [0.2, 0.25) is 0 Å². The second-order valence-electron chi connectivity index (χ2n) is 5.27. The van der Waals surface area contributed by atoms with E-state index in [2.05, 4.69) is 61.6 Å². The maximum absolute atomic E-state index is 4.37. The minimum absolute atomic E-state index is 0.366. The molecule has 3 nitrogen and oxygen atoms in total. The molecule has 0 saturated carbocycles. The van der Waals surface area contributed by atoms with Crippen molar-refractivity contribution in [2.75, 3.05) is 6.54 Å². The molecule has 0 radical (unpaired) electrons. The van der Waals surface area contributed by atoms with Crippen LogP contribution in [0.2, 0.25) is 0 Å². The zero-order valence-corrected chi connectivity index (χ0v) is 12.8. The highest BCUT2D eigenvalue weighted by Crippen LogP contribution is 2.21. The Balaban J connectivity index is 2.17. The van der Waals surface area contributed by atoms with E-state index in [0.717, 1.165) is 25.9 Å². The van der Waals surface area contributed by atoms with Crippen LogP contribution in [0.15, 0.2) is 36.7 Å². The lowest BCUT2D eigenvalue weighted by molar-refractivity contribution is 0.527. The van der Waals surface area contributed by atoms with Crippen molar-refractivity contribution in [2.24, 2.45) is 0 Å². The van der Waals surface area contributed by atoms with Crippen molar-refractivity contribution >= 4 is 0 Å². The summed E-state index contributed by atoms with van der Waals surface area (Å²) in [5, 5.41) is 8.04. The van der Waals surface area contributed by atoms with E-state index in [0.29, 0.717) is 6.04 Å². The van der Waals surface area contributed by atoms with Crippen molar-refractivity contribution in [2.45, 2.75) is 46.2 Å². The van der Waals surface area contributed by atoms with Gasteiger partial charge in [0, 0.05) is 18.8 Å². The fourth-order valence-electron chi connectivity index (χ4n) is 2.51. The molecule has 1 aromatic carbocycles. The Kier molecular flexibility index (Phi) is 5.36. The average molecular weight is 271 g/mol. The number of aromatic nitrogens is 2. The molecule has 1 heterocycles. The molecule has 2 aromatic rings. The standard InChI is InChI=1S/C17H25N3/c1-4-10-18-17(16-9-7-6-8-14(16)3)11-15-12-19-20(5-2)13-15/h6-9,12-13,17-18H,4-5,10-11H2,1-3H3. The summed E-state index contributed by atoms with van der Waals surface area (Å²) in [7, 11) is 0. The van der Waals surface area contributed by atoms with Crippen LogP contribution in [0.3, 0.4) is 0 Å². The minimum Gasteiger partial charge on any atom is -0.310 e. The highest BCUT2D eigenvalue weighted by molar-refractivity contribution is 5.30. The van der Waals surface area contributed by atoms with E-state index in [1.54, 1.807) is 0 Å². The monoisotopic (exact) mass is 271 g/mol. The number of rotatable bonds is 7. The second-order valence-corrected chi connectivity index (χ2v) is 5.27. The second kappa shape index (κ2) is 7.25. The lowest BCUT2D eigenvalue weighted by atomic mass is 9.96. The van der Waals surface area contributed by atoms with Crippen molar-refractivity contribution < 1.29 is 0 Å². The van der Waals surface area contributed by atoms with Gasteiger partial charge in [0.1, 0.15) is 0 Å². The number of hydrogen-bond donors (Lipinski definition) is 1. The molecule has 1 unspecified atom stereocenters. The van der Waals surface area contributed by atoms with Gasteiger partial charge in [0.05, 0.1) is 6.20 Å². The Morgan fingerprint density at radius 3 is 2.70 bits per heavy atom. The SMILES string of the molecule is CCCNC(Cc1cnn(CC)c1)c1ccccc1C. The molecule has 0 fully saturated rings. The number of nitrogens with one attached hydrogen (secondary N) is 1. The number of benzene rings is 1. The Bertz CT molecular complexity index is 531. The van der Waals surface area contributed by atoms with E-state index in [1.165, 1.54) is 16.7 Å². The smallest absolute Gasteiger partial charge is 0.0522 e. The Morgan fingerprint density at radius 2 is 2.05 bits per heavy atom. The molecule has 0 spiro atoms. The largest absolute Gasteiger partial charge is 0.310 e. The molecule has 0 aliphatic rings. The fraction of sp³-hybridized carbons (Fsp3) is 0.471. The van der Waals surface area contributed by atoms with E-state index in [9.17, 15) is 0 Å². The zero-order valence-electron chi connectivity index (χ0n) is 12.8. The summed E-state index contributed by atoms with van der Waals surface area (Å²) in [4.78, 5) is 0. The molecule has 0 aliphatic carbocycles. The van der Waals surface area contributed by atoms with E-state index in [-0.39, 0.29) is 0 Å². The lowest BCUT2D eigenvalue weighted by Crippen LogP contribution is -2.24. The summed E-state index contributed by atoms with van der Waals surface area (Å²) in [5.41, 5.74) is 4.04. The van der Waals surface area contributed by atoms with Gasteiger partial charge in [-0.15, -0.1) is 0 Å². The summed E-state index contributed by atoms with van der Waals surface area (Å²) in [5.74, 6) is 0. The first-order chi connectivity index (χ1) is 9.74. The summed E-state index contributed by atoms with van der Waals surface area (Å²) < 4.78 is 1.99. The van der Waals surface area contributed by atoms with Gasteiger partial charge in [-0.05, 0) is 49.9 Å². The van der Waals surface area contributed by atoms with Crippen LogP contribution >= 0.6 is 0 Å². The predicted molar refractivity (Wildman–Crippen MR) is 83.8 cm³/mol. The lowest BCUT2D eigenvalue weighted by Gasteiger charge is -2.20. The van der Waals surface area contributed by atoms with Gasteiger partial charge in [-0.3, -0.25) is 4.68 Å². The first-order valence-corrected chi connectivity index (χ1v) is 7.54. The quantitative estimate of drug-likeness (QED) is 0.835. The number of hydrogen-bond acceptors (Lipinski definition) is 2. The van der Waals surface area contributed by atoms with Crippen LogP contribution in [-0.2, 0) is 13.0 Å². The summed E-state index contributed by atoms with van der Waals surface area (Å²) in [6.45, 7) is 8.48. The van der Waals surface area contributed by atoms with Gasteiger partial charge in [-0.1, -0.05) is 31.2 Å². The maximum atomic E-state index is 4.37. The first-order valence-electron chi connectivity index (χ1n) is 7.54. The van der Waals surface area contributed by atoms with Crippen LogP contribution in [0, 0.1) is 6.92 Å². The van der Waals surface area contributed by atoms with Crippen LogP contribution in [-0.4, -0.2) is 16.3 Å². The van der Waals surface area contributed by atoms with Crippen LogP contribution in [0.5, 0.6) is 0 Å². The van der Waals surface area contributed by atoms with Gasteiger partial charge < -0.3 is 5.32 Å². The molecule has 1 N–H and O–H groups in total. The zero-order chi connectivity index (χ0) is 14.4. The van der Waals surface area contributed by atoms with E-state index >= 15 is 0 Å². The molecular weight excluding hydrogens is 246 g/mol. The third kappa shape index (κ3) is 3.70. The van der Waals surface area contributed by atoms with E-state index < -0.39 is 0 Å². The van der Waals surface area contributed by atoms with Gasteiger partial charge in [0.15, 0.2) is 0 Å². The molecule has 0 bridgehead atoms. The van der Waals surface area contributed by atoms with Crippen LogP contribution in [0.25, 0.3) is 0 Å². The van der Waals surface area contributed by atoms with Crippen molar-refractivity contribution in [1.29, 1.82) is 0 Å². The third-order valence-electron chi connectivity index (χ3n) is 3.66. The van der Waals surface area contributed by atoms with Gasteiger partial charge in [-0.2, -0.15) is 5.10 Å². The molecule has 0 saturated heterocycles. The van der Waals surface area contributed by atoms with Crippen LogP contribution < -0.4 is 5.32 Å². The van der Waals surface area contributed by atoms with Gasteiger partial charge in [0.25, 0.3) is 0 Å². The molecule has 3 heteroatoms. The number of nitrogens with zero attached hydrogens (tertiary/aromatic N) is 2. The van der Waals surface area contributed by atoms with E-state index in [1.807, 2.05) is 10.9 Å². The van der Waals surface area contributed by atoms with Crippen molar-refractivity contribution in [1.82, 2.24) is 15.1 Å². The predicted octanol–water partition coefficient (Wildman–Crippen LogP) is 3.49. The van der Waals surface area contributed by atoms with Gasteiger partial charge in [-0.25, -0.2) is 0 Å². The number of aryl methyl sites for hydroxylation is 2. The van der Waals surface area contributed by atoms with Gasteiger partial charge >= 0.3 is 0 Å². The Hall–Kier alpha value is -1.61. The normalized spacial score (nSPS) is 12.6. The molecule has 2 rings (SSSR count). The highest BCUT2D eigenvalue weighted by Gasteiger charge is 2.14. The van der Waals surface area contributed by atoms with Crippen molar-refractivity contribution in [3.63, 3.8) is 0 Å². The first kappa shape index (κ1) is 14.8. The maximum Gasteiger partial charge on any atom is 0.0522 e. The molecule has 20 heavy (non-hydrogen) atoms. The topological polar surface area (TPSA) is 29.9 Å². The third-order valence-corrected chi connectivity index (χ3v) is 3.66. The fourth-order valence-corrected chi connectivity index (χ4v) is 2.51. The Morgan fingerprint density at radius 1 is 1.25 bits per heavy atom. The molecule has 1 atom stereocenters. The van der Waals surface area contributed by atoms with E-state index in [4.69, 9.17) is 0 Å². The molecular formula is C17H25N3. The summed E-state index contributed by atoms with van der Waals surface area (Å²) >= 11 is 0. The Labute approximate surface area is 122 Å². The molecule has 0 amide bonds. The molecule has 108 valence electrons. The van der Waals surface area contributed by atoms with Crippen LogP contribution in [0.4, 0.5) is 0 Å². The summed E-state index contributed by atoms with van der Waals surface area (Å²) in [6.07, 6.45) is 6.28. The van der Waals surface area contributed by atoms with Crippen molar-refractivity contribution in [3.05, 3.63) is 53.3 Å². The van der Waals surface area contributed by atoms with Crippen LogP contribution in [0.1, 0.15) is 43.0 Å². The minimum atomic E-state index is 0.366. The van der Waals surface area contributed by atoms with Crippen molar-refractivity contribution in [3.8, 4) is 0 Å². The summed E-state index contributed by atoms with van der Waals surface area (Å²) in [6, 6.07) is 9.01. The average Bonchev–Trinajstić information content (AvgIpc) is 2.92. The molecule has 1 aromatic heterocycles. The molecule has 0 aliphatic heterocycles. The highest BCUT2D eigenvalue weighted by atomic mass is 15.3.